The molecule has 98 valence electrons. The molecule has 0 spiro atoms. The van der Waals surface area contributed by atoms with Gasteiger partial charge in [0.1, 0.15) is 16.6 Å². The Morgan fingerprint density at radius 2 is 2.00 bits per heavy atom. The molecule has 0 fully saturated rings. The van der Waals surface area contributed by atoms with Crippen LogP contribution in [-0.2, 0) is 12.8 Å². The van der Waals surface area contributed by atoms with Gasteiger partial charge in [-0.25, -0.2) is 13.8 Å². The van der Waals surface area contributed by atoms with Crippen LogP contribution in [0.3, 0.4) is 0 Å². The third kappa shape index (κ3) is 2.79. The van der Waals surface area contributed by atoms with Gasteiger partial charge in [-0.3, -0.25) is 0 Å². The number of rotatable bonds is 4. The van der Waals surface area contributed by atoms with E-state index in [1.54, 1.807) is 0 Å². The Morgan fingerprint density at radius 3 is 2.58 bits per heavy atom. The molecule has 0 aliphatic carbocycles. The highest BCUT2D eigenvalue weighted by Crippen LogP contribution is 2.32. The number of benzene rings is 1. The summed E-state index contributed by atoms with van der Waals surface area (Å²) in [4.78, 5) is 5.09. The van der Waals surface area contributed by atoms with Crippen molar-refractivity contribution in [2.45, 2.75) is 26.2 Å². The molecule has 19 heavy (non-hydrogen) atoms. The Bertz CT molecular complexity index is 609. The molecule has 2 aromatic rings. The van der Waals surface area contributed by atoms with Crippen LogP contribution in [0.15, 0.2) is 18.2 Å². The Balaban J connectivity index is 2.51. The van der Waals surface area contributed by atoms with Crippen LogP contribution in [0.4, 0.5) is 8.78 Å². The number of hydrogen-bond acceptors (Lipinski definition) is 3. The van der Waals surface area contributed by atoms with Crippen molar-refractivity contribution in [2.75, 3.05) is 0 Å². The molecule has 2 nitrogen and oxygen atoms in total. The summed E-state index contributed by atoms with van der Waals surface area (Å²) in [5.41, 5.74) is 0.667. The van der Waals surface area contributed by atoms with E-state index >= 15 is 0 Å². The first-order chi connectivity index (χ1) is 9.17. The summed E-state index contributed by atoms with van der Waals surface area (Å²) in [6.07, 6.45) is 1.81. The number of hydrogen-bond donors (Lipinski definition) is 0. The van der Waals surface area contributed by atoms with Crippen molar-refractivity contribution in [3.8, 4) is 16.6 Å². The second kappa shape index (κ2) is 5.89. The van der Waals surface area contributed by atoms with Crippen molar-refractivity contribution in [3.05, 3.63) is 40.4 Å². The number of thiazole rings is 1. The van der Waals surface area contributed by atoms with Crippen LogP contribution in [0.5, 0.6) is 0 Å². The highest BCUT2D eigenvalue weighted by molar-refractivity contribution is 7.15. The van der Waals surface area contributed by atoms with Gasteiger partial charge in [0.2, 0.25) is 0 Å². The summed E-state index contributed by atoms with van der Waals surface area (Å²) in [6, 6.07) is 5.81. The molecule has 2 rings (SSSR count). The van der Waals surface area contributed by atoms with Crippen molar-refractivity contribution >= 4 is 11.3 Å². The van der Waals surface area contributed by atoms with Gasteiger partial charge in [-0.15, -0.1) is 11.3 Å². The first-order valence-electron chi connectivity index (χ1n) is 5.97. The van der Waals surface area contributed by atoms with Gasteiger partial charge in [-0.05, 0) is 18.6 Å². The lowest BCUT2D eigenvalue weighted by Crippen LogP contribution is -1.91. The molecule has 1 aromatic heterocycles. The zero-order valence-electron chi connectivity index (χ0n) is 10.4. The van der Waals surface area contributed by atoms with Crippen LogP contribution in [0.1, 0.15) is 23.9 Å². The number of nitrogens with zero attached hydrogens (tertiary/aromatic N) is 2. The Hall–Kier alpha value is -1.80. The minimum Gasteiger partial charge on any atom is -0.241 e. The second-order valence-electron chi connectivity index (χ2n) is 4.07. The molecule has 1 aromatic carbocycles. The average molecular weight is 278 g/mol. The minimum absolute atomic E-state index is 0.103. The Labute approximate surface area is 114 Å². The normalized spacial score (nSPS) is 10.4. The van der Waals surface area contributed by atoms with Gasteiger partial charge in [0.05, 0.1) is 23.7 Å². The van der Waals surface area contributed by atoms with Crippen molar-refractivity contribution < 1.29 is 8.78 Å². The van der Waals surface area contributed by atoms with E-state index in [0.717, 1.165) is 17.0 Å². The smallest absolute Gasteiger partial charge is 0.136 e. The van der Waals surface area contributed by atoms with E-state index in [4.69, 9.17) is 5.26 Å². The Kier molecular flexibility index (Phi) is 4.23. The Morgan fingerprint density at radius 1 is 1.32 bits per heavy atom. The first-order valence-corrected chi connectivity index (χ1v) is 6.79. The summed E-state index contributed by atoms with van der Waals surface area (Å²) in [5, 5.41) is 9.09. The van der Waals surface area contributed by atoms with Gasteiger partial charge in [0.15, 0.2) is 0 Å². The van der Waals surface area contributed by atoms with Gasteiger partial charge in [0.25, 0.3) is 0 Å². The van der Waals surface area contributed by atoms with E-state index in [2.05, 4.69) is 11.1 Å². The summed E-state index contributed by atoms with van der Waals surface area (Å²) < 4.78 is 27.4. The maximum atomic E-state index is 13.7. The fraction of sp³-hybridized carbons (Fsp3) is 0.286. The molecule has 0 radical (unpaired) electrons. The SMILES string of the molecule is CCCc1nc(-c2c(F)cccc2F)sc1CC#N. The predicted octanol–water partition coefficient (Wildman–Crippen LogP) is 4.11. The lowest BCUT2D eigenvalue weighted by atomic mass is 10.2. The molecule has 0 aliphatic rings. The minimum atomic E-state index is -0.625. The average Bonchev–Trinajstić information content (AvgIpc) is 2.73. The maximum absolute atomic E-state index is 13.7. The summed E-state index contributed by atoms with van der Waals surface area (Å²) in [5.74, 6) is -1.25. The van der Waals surface area contributed by atoms with Crippen molar-refractivity contribution in [1.29, 1.82) is 5.26 Å². The summed E-state index contributed by atoms with van der Waals surface area (Å²) >= 11 is 1.19. The lowest BCUT2D eigenvalue weighted by Gasteiger charge is -1.99. The molecule has 0 bridgehead atoms. The van der Waals surface area contributed by atoms with Gasteiger partial charge < -0.3 is 0 Å². The lowest BCUT2D eigenvalue weighted by molar-refractivity contribution is 0.589. The zero-order chi connectivity index (χ0) is 13.8. The fourth-order valence-electron chi connectivity index (χ4n) is 1.83. The summed E-state index contributed by atoms with van der Waals surface area (Å²) in [7, 11) is 0. The topological polar surface area (TPSA) is 36.7 Å². The fourth-order valence-corrected chi connectivity index (χ4v) is 2.92. The largest absolute Gasteiger partial charge is 0.241 e. The molecule has 0 atom stereocenters. The molecule has 0 amide bonds. The van der Waals surface area contributed by atoms with E-state index in [0.29, 0.717) is 11.4 Å². The van der Waals surface area contributed by atoms with Crippen LogP contribution in [0.2, 0.25) is 0 Å². The standard InChI is InChI=1S/C14H12F2N2S/c1-2-4-11-12(7-8-17)19-14(18-11)13-9(15)5-3-6-10(13)16/h3,5-6H,2,4,7H2,1H3. The zero-order valence-corrected chi connectivity index (χ0v) is 11.2. The molecule has 0 aliphatic heterocycles. The molecule has 0 unspecified atom stereocenters. The van der Waals surface area contributed by atoms with Crippen LogP contribution >= 0.6 is 11.3 Å². The van der Waals surface area contributed by atoms with E-state index in [1.807, 2.05) is 6.92 Å². The van der Waals surface area contributed by atoms with E-state index < -0.39 is 11.6 Å². The predicted molar refractivity (Wildman–Crippen MR) is 70.8 cm³/mol. The van der Waals surface area contributed by atoms with E-state index in [9.17, 15) is 8.78 Å². The van der Waals surface area contributed by atoms with Crippen molar-refractivity contribution in [3.63, 3.8) is 0 Å². The maximum Gasteiger partial charge on any atom is 0.136 e. The number of halogens is 2. The van der Waals surface area contributed by atoms with E-state index in [1.165, 1.54) is 29.5 Å². The van der Waals surface area contributed by atoms with Crippen LogP contribution < -0.4 is 0 Å². The highest BCUT2D eigenvalue weighted by Gasteiger charge is 2.17. The third-order valence-corrected chi connectivity index (χ3v) is 3.80. The third-order valence-electron chi connectivity index (χ3n) is 2.68. The molecule has 0 N–H and O–H groups in total. The first kappa shape index (κ1) is 13.6. The van der Waals surface area contributed by atoms with Gasteiger partial charge >= 0.3 is 0 Å². The molecule has 1 heterocycles. The molecule has 0 saturated heterocycles. The van der Waals surface area contributed by atoms with Gasteiger partial charge in [-0.2, -0.15) is 5.26 Å². The quantitative estimate of drug-likeness (QED) is 0.844. The summed E-state index contributed by atoms with van der Waals surface area (Å²) in [6.45, 7) is 2.00. The van der Waals surface area contributed by atoms with Crippen LogP contribution in [-0.4, -0.2) is 4.98 Å². The molecule has 5 heteroatoms. The molecular weight excluding hydrogens is 266 g/mol. The number of nitriles is 1. The second-order valence-corrected chi connectivity index (χ2v) is 5.15. The van der Waals surface area contributed by atoms with Crippen LogP contribution in [0, 0.1) is 23.0 Å². The van der Waals surface area contributed by atoms with Crippen molar-refractivity contribution in [2.24, 2.45) is 0 Å². The van der Waals surface area contributed by atoms with Crippen LogP contribution in [0.25, 0.3) is 10.6 Å². The highest BCUT2D eigenvalue weighted by atomic mass is 32.1. The van der Waals surface area contributed by atoms with Gasteiger partial charge in [0, 0.05) is 4.88 Å². The molecule has 0 saturated carbocycles. The number of aromatic nitrogens is 1. The monoisotopic (exact) mass is 278 g/mol. The number of aryl methyl sites for hydroxylation is 1. The molecular formula is C14H12F2N2S. The van der Waals surface area contributed by atoms with E-state index in [-0.39, 0.29) is 12.0 Å². The van der Waals surface area contributed by atoms with Gasteiger partial charge in [-0.1, -0.05) is 19.4 Å². The van der Waals surface area contributed by atoms with Crippen molar-refractivity contribution in [1.82, 2.24) is 4.98 Å².